The highest BCUT2D eigenvalue weighted by molar-refractivity contribution is 5.95. The summed E-state index contributed by atoms with van der Waals surface area (Å²) in [7, 11) is 0. The van der Waals surface area contributed by atoms with E-state index in [-0.39, 0.29) is 5.56 Å². The van der Waals surface area contributed by atoms with Gasteiger partial charge in [0.05, 0.1) is 11.4 Å². The van der Waals surface area contributed by atoms with Crippen molar-refractivity contribution in [3.8, 4) is 5.69 Å². The molecule has 108 valence electrons. The first-order valence-corrected chi connectivity index (χ1v) is 6.97. The van der Waals surface area contributed by atoms with Crippen LogP contribution < -0.4 is 4.90 Å². The van der Waals surface area contributed by atoms with Crippen LogP contribution in [0.4, 0.5) is 5.82 Å². The molecule has 1 aromatic carbocycles. The van der Waals surface area contributed by atoms with Crippen molar-refractivity contribution >= 4 is 11.8 Å². The van der Waals surface area contributed by atoms with Gasteiger partial charge in [-0.3, -0.25) is 0 Å². The molecular formula is C16H17N3O2. The summed E-state index contributed by atoms with van der Waals surface area (Å²) in [6.07, 6.45) is 5.10. The Bertz CT molecular complexity index is 689. The summed E-state index contributed by atoms with van der Waals surface area (Å²) in [4.78, 5) is 13.7. The number of aromatic carboxylic acids is 1. The number of nitrogens with zero attached hydrogens (tertiary/aromatic N) is 3. The van der Waals surface area contributed by atoms with Crippen molar-refractivity contribution in [1.29, 1.82) is 0 Å². The Hall–Kier alpha value is -2.56. The van der Waals surface area contributed by atoms with Gasteiger partial charge in [0.25, 0.3) is 0 Å². The van der Waals surface area contributed by atoms with Crippen molar-refractivity contribution in [2.45, 2.75) is 13.3 Å². The van der Waals surface area contributed by atoms with E-state index in [0.29, 0.717) is 18.1 Å². The van der Waals surface area contributed by atoms with E-state index in [4.69, 9.17) is 0 Å². The van der Waals surface area contributed by atoms with E-state index in [0.717, 1.165) is 18.7 Å². The molecule has 2 heterocycles. The molecule has 1 N–H and O–H groups in total. The Labute approximate surface area is 123 Å². The van der Waals surface area contributed by atoms with Crippen molar-refractivity contribution in [2.24, 2.45) is 0 Å². The Morgan fingerprint density at radius 1 is 1.24 bits per heavy atom. The third-order valence-electron chi connectivity index (χ3n) is 3.61. The molecule has 2 aromatic rings. The summed E-state index contributed by atoms with van der Waals surface area (Å²) in [5.74, 6) is -0.269. The van der Waals surface area contributed by atoms with Gasteiger partial charge in [0.2, 0.25) is 0 Å². The lowest BCUT2D eigenvalue weighted by Gasteiger charge is -2.26. The predicted octanol–water partition coefficient (Wildman–Crippen LogP) is 2.65. The van der Waals surface area contributed by atoms with Crippen molar-refractivity contribution < 1.29 is 9.90 Å². The SMILES string of the molecule is Cc1nn(-c2ccccc2)c(N2CC=CCC2)c1C(=O)O. The number of rotatable bonds is 3. The summed E-state index contributed by atoms with van der Waals surface area (Å²) in [5, 5.41) is 14.0. The Kier molecular flexibility index (Phi) is 3.48. The summed E-state index contributed by atoms with van der Waals surface area (Å²) in [6.45, 7) is 3.25. The molecule has 0 atom stereocenters. The quantitative estimate of drug-likeness (QED) is 0.880. The topological polar surface area (TPSA) is 58.4 Å². The Morgan fingerprint density at radius 2 is 2.00 bits per heavy atom. The first-order valence-electron chi connectivity index (χ1n) is 6.97. The van der Waals surface area contributed by atoms with Gasteiger partial charge in [0.1, 0.15) is 11.4 Å². The van der Waals surface area contributed by atoms with E-state index in [2.05, 4.69) is 22.2 Å². The first kappa shape index (κ1) is 13.4. The number of anilines is 1. The van der Waals surface area contributed by atoms with Gasteiger partial charge in [0.15, 0.2) is 0 Å². The molecule has 0 saturated carbocycles. The third-order valence-corrected chi connectivity index (χ3v) is 3.61. The second kappa shape index (κ2) is 5.44. The van der Waals surface area contributed by atoms with E-state index in [9.17, 15) is 9.90 Å². The van der Waals surface area contributed by atoms with Crippen LogP contribution in [0.25, 0.3) is 5.69 Å². The third kappa shape index (κ3) is 2.42. The monoisotopic (exact) mass is 283 g/mol. The van der Waals surface area contributed by atoms with Gasteiger partial charge in [-0.15, -0.1) is 0 Å². The minimum Gasteiger partial charge on any atom is -0.477 e. The zero-order valence-corrected chi connectivity index (χ0v) is 11.9. The van der Waals surface area contributed by atoms with E-state index >= 15 is 0 Å². The van der Waals surface area contributed by atoms with Gasteiger partial charge >= 0.3 is 5.97 Å². The van der Waals surface area contributed by atoms with Crippen molar-refractivity contribution in [1.82, 2.24) is 9.78 Å². The molecule has 0 radical (unpaired) electrons. The van der Waals surface area contributed by atoms with Gasteiger partial charge in [-0.1, -0.05) is 30.4 Å². The number of hydrogen-bond donors (Lipinski definition) is 1. The lowest BCUT2D eigenvalue weighted by molar-refractivity contribution is 0.0697. The van der Waals surface area contributed by atoms with Crippen LogP contribution in [-0.4, -0.2) is 33.9 Å². The number of carboxylic acids is 1. The number of hydrogen-bond acceptors (Lipinski definition) is 3. The number of aryl methyl sites for hydroxylation is 1. The Morgan fingerprint density at radius 3 is 2.62 bits per heavy atom. The van der Waals surface area contributed by atoms with Crippen LogP contribution in [0, 0.1) is 6.92 Å². The summed E-state index contributed by atoms with van der Waals surface area (Å²) < 4.78 is 1.73. The maximum atomic E-state index is 11.6. The molecule has 0 fully saturated rings. The van der Waals surface area contributed by atoms with E-state index in [1.807, 2.05) is 30.3 Å². The fourth-order valence-electron chi connectivity index (χ4n) is 2.64. The van der Waals surface area contributed by atoms with E-state index < -0.39 is 5.97 Å². The highest BCUT2D eigenvalue weighted by Crippen LogP contribution is 2.28. The average Bonchev–Trinajstić information content (AvgIpc) is 2.86. The molecule has 3 rings (SSSR count). The van der Waals surface area contributed by atoms with Crippen LogP contribution >= 0.6 is 0 Å². The van der Waals surface area contributed by atoms with Crippen LogP contribution in [0.3, 0.4) is 0 Å². The van der Waals surface area contributed by atoms with Crippen LogP contribution in [-0.2, 0) is 0 Å². The standard InChI is InChI=1S/C16H17N3O2/c1-12-14(16(20)21)15(18-10-6-3-7-11-18)19(17-12)13-8-4-2-5-9-13/h2-6,8-9H,7,10-11H2,1H3,(H,20,21). The molecule has 0 bridgehead atoms. The second-order valence-corrected chi connectivity index (χ2v) is 5.04. The van der Waals surface area contributed by atoms with Gasteiger partial charge in [-0.05, 0) is 25.5 Å². The van der Waals surface area contributed by atoms with Gasteiger partial charge in [-0.2, -0.15) is 5.10 Å². The maximum Gasteiger partial charge on any atom is 0.341 e. The molecule has 1 aliphatic heterocycles. The minimum atomic E-state index is -0.931. The predicted molar refractivity (Wildman–Crippen MR) is 81.2 cm³/mol. The van der Waals surface area contributed by atoms with Crippen molar-refractivity contribution in [3.05, 3.63) is 53.7 Å². The molecule has 0 spiro atoms. The number of carboxylic acid groups (broad SMARTS) is 1. The lowest BCUT2D eigenvalue weighted by atomic mass is 10.2. The molecule has 21 heavy (non-hydrogen) atoms. The fourth-order valence-corrected chi connectivity index (χ4v) is 2.64. The van der Waals surface area contributed by atoms with E-state index in [1.54, 1.807) is 11.6 Å². The molecule has 1 aromatic heterocycles. The molecule has 0 unspecified atom stereocenters. The van der Waals surface area contributed by atoms with Crippen LogP contribution in [0.2, 0.25) is 0 Å². The molecule has 0 saturated heterocycles. The fraction of sp³-hybridized carbons (Fsp3) is 0.250. The zero-order valence-electron chi connectivity index (χ0n) is 11.9. The maximum absolute atomic E-state index is 11.6. The molecule has 5 nitrogen and oxygen atoms in total. The number of carbonyl (C=O) groups is 1. The van der Waals surface area contributed by atoms with Crippen LogP contribution in [0.15, 0.2) is 42.5 Å². The van der Waals surface area contributed by atoms with Crippen LogP contribution in [0.5, 0.6) is 0 Å². The van der Waals surface area contributed by atoms with Gasteiger partial charge < -0.3 is 10.0 Å². The normalized spacial score (nSPS) is 14.4. The van der Waals surface area contributed by atoms with Gasteiger partial charge in [0, 0.05) is 13.1 Å². The van der Waals surface area contributed by atoms with Crippen LogP contribution in [0.1, 0.15) is 22.5 Å². The largest absolute Gasteiger partial charge is 0.477 e. The molecular weight excluding hydrogens is 266 g/mol. The average molecular weight is 283 g/mol. The Balaban J connectivity index is 2.18. The first-order chi connectivity index (χ1) is 10.2. The highest BCUT2D eigenvalue weighted by Gasteiger charge is 2.26. The minimum absolute atomic E-state index is 0.286. The number of para-hydroxylation sites is 1. The van der Waals surface area contributed by atoms with E-state index in [1.165, 1.54) is 0 Å². The summed E-state index contributed by atoms with van der Waals surface area (Å²) >= 11 is 0. The van der Waals surface area contributed by atoms with Crippen molar-refractivity contribution in [2.75, 3.05) is 18.0 Å². The summed E-state index contributed by atoms with van der Waals surface area (Å²) in [5.41, 5.74) is 1.70. The molecule has 0 aliphatic carbocycles. The highest BCUT2D eigenvalue weighted by atomic mass is 16.4. The van der Waals surface area contributed by atoms with Gasteiger partial charge in [-0.25, -0.2) is 9.48 Å². The second-order valence-electron chi connectivity index (χ2n) is 5.04. The number of benzene rings is 1. The number of aromatic nitrogens is 2. The molecule has 0 amide bonds. The smallest absolute Gasteiger partial charge is 0.341 e. The zero-order chi connectivity index (χ0) is 14.8. The van der Waals surface area contributed by atoms with Crippen molar-refractivity contribution in [3.63, 3.8) is 0 Å². The lowest BCUT2D eigenvalue weighted by Crippen LogP contribution is -2.30. The summed E-state index contributed by atoms with van der Waals surface area (Å²) in [6, 6.07) is 9.64. The molecule has 1 aliphatic rings. The molecule has 5 heteroatoms.